The minimum Gasteiger partial charge on any atom is -0.313 e. The molecule has 0 saturated carbocycles. The van der Waals surface area contributed by atoms with Crippen LogP contribution >= 0.6 is 23.2 Å². The highest BCUT2D eigenvalue weighted by molar-refractivity contribution is 6.31. The molecule has 0 aliphatic heterocycles. The number of fused-ring (bicyclic) bond motifs is 1. The highest BCUT2D eigenvalue weighted by atomic mass is 35.5. The van der Waals surface area contributed by atoms with Crippen LogP contribution in [0.15, 0.2) is 12.3 Å². The molecule has 0 aromatic carbocycles. The molecule has 0 fully saturated rings. The molecule has 2 aromatic heterocycles. The Balaban J connectivity index is 2.18. The third kappa shape index (κ3) is 4.09. The van der Waals surface area contributed by atoms with E-state index in [0.717, 1.165) is 42.9 Å². The Kier molecular flexibility index (Phi) is 5.85. The Morgan fingerprint density at radius 1 is 1.38 bits per heavy atom. The summed E-state index contributed by atoms with van der Waals surface area (Å²) < 4.78 is 2.17. The van der Waals surface area contributed by atoms with Crippen molar-refractivity contribution in [2.45, 2.75) is 39.3 Å². The predicted octanol–water partition coefficient (Wildman–Crippen LogP) is 3.60. The standard InChI is InChI=1S/C15H22Cl2N4/c1-11(2)20(3)7-4-8-21-14(5-6-16)19-13-9-12(17)10-18-15(13)21/h9-11H,4-8H2,1-3H3. The Morgan fingerprint density at radius 3 is 2.81 bits per heavy atom. The molecule has 0 aliphatic rings. The number of rotatable bonds is 7. The SMILES string of the molecule is CC(C)N(C)CCCn1c(CCCl)nc2cc(Cl)cnc21. The average molecular weight is 329 g/mol. The van der Waals surface area contributed by atoms with Gasteiger partial charge in [0.1, 0.15) is 11.3 Å². The second kappa shape index (κ2) is 7.43. The van der Waals surface area contributed by atoms with Crippen LogP contribution in [-0.2, 0) is 13.0 Å². The highest BCUT2D eigenvalue weighted by Gasteiger charge is 2.12. The van der Waals surface area contributed by atoms with Crippen LogP contribution in [0.25, 0.3) is 11.2 Å². The highest BCUT2D eigenvalue weighted by Crippen LogP contribution is 2.19. The molecule has 2 heterocycles. The van der Waals surface area contributed by atoms with Crippen LogP contribution in [0.2, 0.25) is 5.02 Å². The number of pyridine rings is 1. The topological polar surface area (TPSA) is 34.0 Å². The minimum absolute atomic E-state index is 0.558. The number of aromatic nitrogens is 3. The van der Waals surface area contributed by atoms with Gasteiger partial charge in [-0.15, -0.1) is 11.6 Å². The lowest BCUT2D eigenvalue weighted by molar-refractivity contribution is 0.265. The lowest BCUT2D eigenvalue weighted by atomic mass is 10.3. The fraction of sp³-hybridized carbons (Fsp3) is 0.600. The van der Waals surface area contributed by atoms with E-state index >= 15 is 0 Å². The summed E-state index contributed by atoms with van der Waals surface area (Å²) in [7, 11) is 2.15. The predicted molar refractivity (Wildman–Crippen MR) is 89.3 cm³/mol. The largest absolute Gasteiger partial charge is 0.313 e. The minimum atomic E-state index is 0.558. The lowest BCUT2D eigenvalue weighted by Crippen LogP contribution is -2.28. The second-order valence-electron chi connectivity index (χ2n) is 5.54. The van der Waals surface area contributed by atoms with E-state index in [2.05, 4.69) is 40.3 Å². The van der Waals surface area contributed by atoms with Gasteiger partial charge >= 0.3 is 0 Å². The molecule has 6 heteroatoms. The van der Waals surface area contributed by atoms with Crippen molar-refractivity contribution in [2.24, 2.45) is 0 Å². The number of halogens is 2. The zero-order chi connectivity index (χ0) is 15.4. The molecule has 0 unspecified atom stereocenters. The fourth-order valence-electron chi connectivity index (χ4n) is 2.28. The molecule has 2 aromatic rings. The van der Waals surface area contributed by atoms with E-state index in [1.807, 2.05) is 6.07 Å². The van der Waals surface area contributed by atoms with Crippen LogP contribution < -0.4 is 0 Å². The van der Waals surface area contributed by atoms with Gasteiger partial charge in [0.2, 0.25) is 0 Å². The van der Waals surface area contributed by atoms with Gasteiger partial charge in [-0.05, 0) is 39.9 Å². The smallest absolute Gasteiger partial charge is 0.160 e. The molecule has 0 spiro atoms. The monoisotopic (exact) mass is 328 g/mol. The van der Waals surface area contributed by atoms with Crippen molar-refractivity contribution in [3.8, 4) is 0 Å². The van der Waals surface area contributed by atoms with Crippen molar-refractivity contribution in [2.75, 3.05) is 19.5 Å². The number of nitrogens with zero attached hydrogens (tertiary/aromatic N) is 4. The summed E-state index contributed by atoms with van der Waals surface area (Å²) in [5, 5.41) is 0.615. The first-order valence-electron chi connectivity index (χ1n) is 7.29. The van der Waals surface area contributed by atoms with Crippen molar-refractivity contribution in [3.05, 3.63) is 23.1 Å². The van der Waals surface area contributed by atoms with Crippen LogP contribution in [0.4, 0.5) is 0 Å². The maximum atomic E-state index is 5.99. The second-order valence-corrected chi connectivity index (χ2v) is 6.36. The summed E-state index contributed by atoms with van der Waals surface area (Å²) in [5.41, 5.74) is 1.74. The zero-order valence-electron chi connectivity index (χ0n) is 12.8. The van der Waals surface area contributed by atoms with Crippen LogP contribution in [0.5, 0.6) is 0 Å². The maximum Gasteiger partial charge on any atom is 0.160 e. The molecule has 0 bridgehead atoms. The Morgan fingerprint density at radius 2 is 2.14 bits per heavy atom. The summed E-state index contributed by atoms with van der Waals surface area (Å²) in [6.45, 7) is 6.35. The molecule has 0 radical (unpaired) electrons. The molecule has 21 heavy (non-hydrogen) atoms. The van der Waals surface area contributed by atoms with E-state index in [0.29, 0.717) is 16.9 Å². The first-order chi connectivity index (χ1) is 10.0. The van der Waals surface area contributed by atoms with E-state index in [9.17, 15) is 0 Å². The van der Waals surface area contributed by atoms with E-state index in [-0.39, 0.29) is 0 Å². The third-order valence-corrected chi connectivity index (χ3v) is 4.12. The fourth-order valence-corrected chi connectivity index (χ4v) is 2.60. The number of imidazole rings is 1. The Bertz CT molecular complexity index is 595. The zero-order valence-corrected chi connectivity index (χ0v) is 14.3. The van der Waals surface area contributed by atoms with Crippen molar-refractivity contribution in [3.63, 3.8) is 0 Å². The van der Waals surface area contributed by atoms with Gasteiger partial charge in [0.15, 0.2) is 5.65 Å². The van der Waals surface area contributed by atoms with Crippen LogP contribution in [0.3, 0.4) is 0 Å². The van der Waals surface area contributed by atoms with E-state index in [4.69, 9.17) is 23.2 Å². The maximum absolute atomic E-state index is 5.99. The van der Waals surface area contributed by atoms with Gasteiger partial charge in [-0.25, -0.2) is 9.97 Å². The van der Waals surface area contributed by atoms with E-state index < -0.39 is 0 Å². The molecule has 0 aliphatic carbocycles. The molecule has 0 saturated heterocycles. The van der Waals surface area contributed by atoms with Crippen molar-refractivity contribution >= 4 is 34.4 Å². The van der Waals surface area contributed by atoms with Gasteiger partial charge in [-0.3, -0.25) is 0 Å². The summed E-state index contributed by atoms with van der Waals surface area (Å²) in [6, 6.07) is 2.42. The average Bonchev–Trinajstić information content (AvgIpc) is 2.76. The summed E-state index contributed by atoms with van der Waals surface area (Å²) in [6.07, 6.45) is 3.47. The third-order valence-electron chi connectivity index (χ3n) is 3.72. The van der Waals surface area contributed by atoms with Crippen LogP contribution in [0, 0.1) is 0 Å². The number of aryl methyl sites for hydroxylation is 2. The molecule has 4 nitrogen and oxygen atoms in total. The summed E-state index contributed by atoms with van der Waals surface area (Å²) in [5.74, 6) is 1.55. The first-order valence-corrected chi connectivity index (χ1v) is 8.21. The van der Waals surface area contributed by atoms with Crippen LogP contribution in [-0.4, -0.2) is 44.9 Å². The van der Waals surface area contributed by atoms with E-state index in [1.165, 1.54) is 0 Å². The summed E-state index contributed by atoms with van der Waals surface area (Å²) >= 11 is 11.9. The number of hydrogen-bond acceptors (Lipinski definition) is 3. The van der Waals surface area contributed by atoms with Gasteiger partial charge in [-0.1, -0.05) is 11.6 Å². The Hall–Kier alpha value is -0.840. The molecule has 116 valence electrons. The molecular weight excluding hydrogens is 307 g/mol. The van der Waals surface area contributed by atoms with Gasteiger partial charge in [0.25, 0.3) is 0 Å². The molecule has 0 atom stereocenters. The molecule has 0 amide bonds. The van der Waals surface area contributed by atoms with Gasteiger partial charge < -0.3 is 9.47 Å². The van der Waals surface area contributed by atoms with E-state index in [1.54, 1.807) is 6.20 Å². The quantitative estimate of drug-likeness (QED) is 0.728. The van der Waals surface area contributed by atoms with Gasteiger partial charge in [0, 0.05) is 31.1 Å². The first kappa shape index (κ1) is 16.5. The number of hydrogen-bond donors (Lipinski definition) is 0. The van der Waals surface area contributed by atoms with Crippen molar-refractivity contribution in [1.29, 1.82) is 0 Å². The summed E-state index contributed by atoms with van der Waals surface area (Å²) in [4.78, 5) is 11.4. The Labute approximate surface area is 136 Å². The lowest BCUT2D eigenvalue weighted by Gasteiger charge is -2.21. The van der Waals surface area contributed by atoms with Crippen LogP contribution in [0.1, 0.15) is 26.1 Å². The molecular formula is C15H22Cl2N4. The van der Waals surface area contributed by atoms with Gasteiger partial charge in [-0.2, -0.15) is 0 Å². The van der Waals surface area contributed by atoms with Crippen molar-refractivity contribution in [1.82, 2.24) is 19.4 Å². The molecule has 2 rings (SSSR count). The van der Waals surface area contributed by atoms with Crippen molar-refractivity contribution < 1.29 is 0 Å². The van der Waals surface area contributed by atoms with Gasteiger partial charge in [0.05, 0.1) is 5.02 Å². The normalized spacial score (nSPS) is 12.0. The molecule has 0 N–H and O–H groups in total. The number of alkyl halides is 1.